The lowest BCUT2D eigenvalue weighted by Gasteiger charge is -2.16. The normalized spacial score (nSPS) is 17.5. The van der Waals surface area contributed by atoms with Crippen molar-refractivity contribution >= 4 is 27.9 Å². The van der Waals surface area contributed by atoms with E-state index in [0.717, 1.165) is 46.7 Å². The second kappa shape index (κ2) is 7.91. The fraction of sp³-hybridized carbons (Fsp3) is 0.304. The lowest BCUT2D eigenvalue weighted by Crippen LogP contribution is -2.04. The summed E-state index contributed by atoms with van der Waals surface area (Å²) in [6.07, 6.45) is 4.55. The van der Waals surface area contributed by atoms with Crippen molar-refractivity contribution in [1.29, 1.82) is 0 Å². The number of hydrogen-bond acceptors (Lipinski definition) is 6. The van der Waals surface area contributed by atoms with Crippen LogP contribution in [0, 0.1) is 6.92 Å². The second-order valence-electron chi connectivity index (χ2n) is 7.27. The first-order chi connectivity index (χ1) is 14.3. The van der Waals surface area contributed by atoms with Crippen molar-refractivity contribution in [2.45, 2.75) is 19.6 Å². The molecule has 0 atom stereocenters. The summed E-state index contributed by atoms with van der Waals surface area (Å²) in [4.78, 5) is 9.20. The van der Waals surface area contributed by atoms with Gasteiger partial charge in [0.2, 0.25) is 6.29 Å². The third kappa shape index (κ3) is 3.87. The lowest BCUT2D eigenvalue weighted by atomic mass is 9.99. The van der Waals surface area contributed by atoms with Gasteiger partial charge in [-0.25, -0.2) is 0 Å². The van der Waals surface area contributed by atoms with Gasteiger partial charge < -0.3 is 19.5 Å². The highest BCUT2D eigenvalue weighted by atomic mass is 16.7. The summed E-state index contributed by atoms with van der Waals surface area (Å²) >= 11 is 0. The Hall–Kier alpha value is -2.80. The van der Waals surface area contributed by atoms with Gasteiger partial charge in [0, 0.05) is 16.8 Å². The van der Waals surface area contributed by atoms with Crippen LogP contribution in [0.3, 0.4) is 0 Å². The van der Waals surface area contributed by atoms with E-state index in [-0.39, 0.29) is 6.29 Å². The number of hydrogen-bond donors (Lipinski definition) is 1. The Morgan fingerprint density at radius 3 is 2.69 bits per heavy atom. The first-order valence-corrected chi connectivity index (χ1v) is 9.91. The van der Waals surface area contributed by atoms with E-state index >= 15 is 0 Å². The Kier molecular flexibility index (Phi) is 4.97. The van der Waals surface area contributed by atoms with Gasteiger partial charge in [0.15, 0.2) is 0 Å². The minimum Gasteiger partial charge on any atom is -0.377 e. The molecule has 29 heavy (non-hydrogen) atoms. The van der Waals surface area contributed by atoms with Crippen LogP contribution in [0.1, 0.15) is 29.7 Å². The number of ether oxygens (including phenoxy) is 3. The maximum absolute atomic E-state index is 5.51. The van der Waals surface area contributed by atoms with Crippen LogP contribution in [0.4, 0.5) is 11.4 Å². The van der Waals surface area contributed by atoms with Gasteiger partial charge >= 0.3 is 0 Å². The topological polar surface area (TPSA) is 65.5 Å². The van der Waals surface area contributed by atoms with Gasteiger partial charge in [0.1, 0.15) is 0 Å². The largest absolute Gasteiger partial charge is 0.377 e. The molecule has 0 aliphatic carbocycles. The van der Waals surface area contributed by atoms with E-state index in [4.69, 9.17) is 19.2 Å². The molecule has 0 bridgehead atoms. The number of pyridine rings is 2. The Balaban J connectivity index is 1.47. The van der Waals surface area contributed by atoms with Crippen molar-refractivity contribution < 1.29 is 14.2 Å². The highest BCUT2D eigenvalue weighted by molar-refractivity contribution is 5.95. The molecule has 0 spiro atoms. The van der Waals surface area contributed by atoms with E-state index in [1.165, 1.54) is 11.1 Å². The number of rotatable bonds is 4. The quantitative estimate of drug-likeness (QED) is 0.707. The van der Waals surface area contributed by atoms with Crippen molar-refractivity contribution in [3.63, 3.8) is 0 Å². The first-order valence-electron chi connectivity index (χ1n) is 9.91. The second-order valence-corrected chi connectivity index (χ2v) is 7.27. The van der Waals surface area contributed by atoms with E-state index in [2.05, 4.69) is 40.6 Å². The Labute approximate surface area is 169 Å². The zero-order chi connectivity index (χ0) is 19.6. The maximum Gasteiger partial charge on any atom is 0.201 e. The molecule has 0 unspecified atom stereocenters. The molecule has 6 nitrogen and oxygen atoms in total. The number of anilines is 2. The first kappa shape index (κ1) is 18.2. The van der Waals surface area contributed by atoms with Crippen molar-refractivity contribution in [1.82, 2.24) is 9.97 Å². The van der Waals surface area contributed by atoms with Crippen molar-refractivity contribution in [2.75, 3.05) is 31.7 Å². The number of aromatic nitrogens is 2. The summed E-state index contributed by atoms with van der Waals surface area (Å²) in [5.41, 5.74) is 7.21. The monoisotopic (exact) mass is 389 g/mol. The molecular formula is C23H23N3O3. The molecule has 1 fully saturated rings. The molecule has 2 aliphatic heterocycles. The molecular weight excluding hydrogens is 366 g/mol. The van der Waals surface area contributed by atoms with Gasteiger partial charge in [-0.3, -0.25) is 9.97 Å². The maximum atomic E-state index is 5.51. The average molecular weight is 389 g/mol. The van der Waals surface area contributed by atoms with Gasteiger partial charge in [0.05, 0.1) is 49.5 Å². The van der Waals surface area contributed by atoms with Gasteiger partial charge in [0.25, 0.3) is 0 Å². The minimum absolute atomic E-state index is 0.358. The Bertz CT molecular complexity index is 1060. The van der Waals surface area contributed by atoms with Crippen molar-refractivity contribution in [3.05, 3.63) is 65.6 Å². The molecule has 2 aliphatic rings. The van der Waals surface area contributed by atoms with Crippen LogP contribution in [0.5, 0.6) is 0 Å². The third-order valence-corrected chi connectivity index (χ3v) is 5.20. The molecule has 6 heteroatoms. The number of aryl methyl sites for hydroxylation is 1. The molecule has 1 saturated heterocycles. The van der Waals surface area contributed by atoms with Crippen LogP contribution in [0.2, 0.25) is 0 Å². The molecule has 1 aromatic carbocycles. The standard InChI is InChI=1S/C23H23N3O3/c1-15-12-22(26-18-3-5-21(24-14-18)23-28-10-11-29-23)19-13-17(2-4-20(19)25-15)16-6-8-27-9-7-16/h2-6,12-14,23H,7-11H2,1H3,(H,25,26). The summed E-state index contributed by atoms with van der Waals surface area (Å²) in [5.74, 6) is 0. The number of fused-ring (bicyclic) bond motifs is 1. The van der Waals surface area contributed by atoms with Crippen LogP contribution >= 0.6 is 0 Å². The minimum atomic E-state index is -0.358. The highest BCUT2D eigenvalue weighted by Gasteiger charge is 2.19. The summed E-state index contributed by atoms with van der Waals surface area (Å²) in [6.45, 7) is 4.68. The zero-order valence-corrected chi connectivity index (χ0v) is 16.4. The Morgan fingerprint density at radius 1 is 1.03 bits per heavy atom. The van der Waals surface area contributed by atoms with Gasteiger partial charge in [-0.1, -0.05) is 12.1 Å². The van der Waals surface area contributed by atoms with Crippen molar-refractivity contribution in [3.8, 4) is 0 Å². The van der Waals surface area contributed by atoms with Crippen LogP contribution in [0.25, 0.3) is 16.5 Å². The van der Waals surface area contributed by atoms with Crippen LogP contribution in [-0.2, 0) is 14.2 Å². The average Bonchev–Trinajstić information content (AvgIpc) is 3.29. The van der Waals surface area contributed by atoms with E-state index in [1.54, 1.807) is 0 Å². The zero-order valence-electron chi connectivity index (χ0n) is 16.4. The van der Waals surface area contributed by atoms with Crippen LogP contribution in [0.15, 0.2) is 48.7 Å². The summed E-state index contributed by atoms with van der Waals surface area (Å²) < 4.78 is 16.5. The molecule has 1 N–H and O–H groups in total. The third-order valence-electron chi connectivity index (χ3n) is 5.20. The molecule has 0 amide bonds. The molecule has 2 aromatic heterocycles. The van der Waals surface area contributed by atoms with Crippen molar-refractivity contribution in [2.24, 2.45) is 0 Å². The van der Waals surface area contributed by atoms with E-state index in [9.17, 15) is 0 Å². The molecule has 0 saturated carbocycles. The summed E-state index contributed by atoms with van der Waals surface area (Å²) in [5, 5.41) is 4.60. The highest BCUT2D eigenvalue weighted by Crippen LogP contribution is 2.31. The number of nitrogens with zero attached hydrogens (tertiary/aromatic N) is 2. The molecule has 148 valence electrons. The summed E-state index contributed by atoms with van der Waals surface area (Å²) in [7, 11) is 0. The Morgan fingerprint density at radius 2 is 1.93 bits per heavy atom. The van der Waals surface area contributed by atoms with Gasteiger partial charge in [-0.05, 0) is 54.8 Å². The van der Waals surface area contributed by atoms with E-state index in [1.807, 2.05) is 25.3 Å². The van der Waals surface area contributed by atoms with Crippen LogP contribution in [-0.4, -0.2) is 36.4 Å². The fourth-order valence-corrected chi connectivity index (χ4v) is 3.75. The van der Waals surface area contributed by atoms with Gasteiger partial charge in [-0.15, -0.1) is 0 Å². The molecule has 4 heterocycles. The number of benzene rings is 1. The molecule has 5 rings (SSSR count). The smallest absolute Gasteiger partial charge is 0.201 e. The predicted octanol–water partition coefficient (Wildman–Crippen LogP) is 4.53. The lowest BCUT2D eigenvalue weighted by molar-refractivity contribution is -0.0472. The molecule has 3 aromatic rings. The predicted molar refractivity (Wildman–Crippen MR) is 112 cm³/mol. The fourth-order valence-electron chi connectivity index (χ4n) is 3.75. The van der Waals surface area contributed by atoms with Gasteiger partial charge in [-0.2, -0.15) is 0 Å². The van der Waals surface area contributed by atoms with Crippen LogP contribution < -0.4 is 5.32 Å². The molecule has 0 radical (unpaired) electrons. The number of nitrogens with one attached hydrogen (secondary N) is 1. The van der Waals surface area contributed by atoms with E-state index < -0.39 is 0 Å². The summed E-state index contributed by atoms with van der Waals surface area (Å²) in [6, 6.07) is 12.5. The van der Waals surface area contributed by atoms with E-state index in [0.29, 0.717) is 19.8 Å². The SMILES string of the molecule is Cc1cc(Nc2ccc(C3OCCO3)nc2)c2cc(C3=CCOCC3)ccc2n1.